The second-order valence-corrected chi connectivity index (χ2v) is 1.64. The average Bonchev–Trinajstić information content (AvgIpc) is 2.38. The molecule has 0 fully saturated rings. The Balaban J connectivity index is 0.000001000. The number of anilines is 1. The Hall–Kier alpha value is -0.210. The van der Waals surface area contributed by atoms with Crippen LogP contribution in [-0.2, 0) is 0 Å². The van der Waals surface area contributed by atoms with Crippen molar-refractivity contribution in [1.82, 2.24) is 20.6 Å². The number of hydrogen-bond donors (Lipinski definition) is 3. The first-order chi connectivity index (χ1) is 4.84. The van der Waals surface area contributed by atoms with Crippen molar-refractivity contribution >= 4 is 35.5 Å². The van der Waals surface area contributed by atoms with Crippen LogP contribution in [0.4, 0.5) is 5.95 Å². The van der Waals surface area contributed by atoms with Gasteiger partial charge in [0.15, 0.2) is 0 Å². The molecule has 0 aromatic carbocycles. The van der Waals surface area contributed by atoms with Crippen LogP contribution in [0, 0.1) is 0 Å². The Kier molecular flexibility index (Phi) is 5.34. The van der Waals surface area contributed by atoms with E-state index in [1.165, 1.54) is 5.01 Å². The van der Waals surface area contributed by atoms with E-state index in [1.807, 2.05) is 0 Å². The summed E-state index contributed by atoms with van der Waals surface area (Å²) in [5.41, 5.74) is 0. The molecule has 0 spiro atoms. The zero-order chi connectivity index (χ0) is 7.40. The molecular weight excluding hydrogens is 159 g/mol. The molecule has 0 bridgehead atoms. The fourth-order valence-electron chi connectivity index (χ4n) is 0.489. The number of H-pyrrole nitrogens is 1. The molecule has 1 aromatic rings. The van der Waals surface area contributed by atoms with Gasteiger partial charge in [-0.3, -0.25) is 5.01 Å². The van der Waals surface area contributed by atoms with Crippen molar-refractivity contribution in [2.75, 3.05) is 18.2 Å². The fraction of sp³-hybridized carbons (Fsp3) is 0.667. The monoisotopic (exact) mass is 168 g/mol. The molecule has 58 valence electrons. The molecule has 11 heavy (non-hydrogen) atoms. The molecule has 1 aromatic heterocycles. The fourth-order valence-corrected chi connectivity index (χ4v) is 0.489. The second-order valence-electron chi connectivity index (χ2n) is 1.64. The topological polar surface area (TPSA) is 104 Å². The van der Waals surface area contributed by atoms with E-state index in [1.54, 1.807) is 0 Å². The van der Waals surface area contributed by atoms with Gasteiger partial charge in [0.05, 0.1) is 13.2 Å². The Bertz CT molecular complexity index is 178. The summed E-state index contributed by atoms with van der Waals surface area (Å²) in [6.07, 6.45) is 0. The number of nitrogens with one attached hydrogen (secondary N) is 1. The molecule has 1 rings (SSSR count). The van der Waals surface area contributed by atoms with Crippen LogP contribution in [0.2, 0.25) is 0 Å². The van der Waals surface area contributed by atoms with E-state index in [-0.39, 0.29) is 36.2 Å². The minimum atomic E-state index is -0.0306. The zero-order valence-electron chi connectivity index (χ0n) is 5.23. The van der Waals surface area contributed by atoms with Gasteiger partial charge >= 0.3 is 29.6 Å². The van der Waals surface area contributed by atoms with Crippen molar-refractivity contribution < 1.29 is 5.11 Å². The van der Waals surface area contributed by atoms with Gasteiger partial charge in [0.1, 0.15) is 0 Å². The van der Waals surface area contributed by atoms with Crippen molar-refractivity contribution in [3.63, 3.8) is 0 Å². The standard InChI is InChI=1S/C3H8N6O.Na.H/c4-9(1-2-10)3-5-7-8-6-3;;/h10H,1-2,4H2,(H,5,6,7,8);;. The van der Waals surface area contributed by atoms with Gasteiger partial charge < -0.3 is 5.11 Å². The van der Waals surface area contributed by atoms with Crippen molar-refractivity contribution in [3.8, 4) is 0 Å². The van der Waals surface area contributed by atoms with Gasteiger partial charge in [-0.2, -0.15) is 0 Å². The normalized spacial score (nSPS) is 8.91. The number of tetrazole rings is 1. The summed E-state index contributed by atoms with van der Waals surface area (Å²) in [5.74, 6) is 5.69. The molecule has 0 aliphatic rings. The van der Waals surface area contributed by atoms with Crippen LogP contribution in [0.1, 0.15) is 0 Å². The maximum atomic E-state index is 8.43. The number of rotatable bonds is 3. The molecule has 0 aliphatic heterocycles. The molecule has 0 saturated heterocycles. The molecule has 0 unspecified atom stereocenters. The SMILES string of the molecule is NN(CCO)c1nnn[nH]1.[NaH]. The third-order valence-corrected chi connectivity index (χ3v) is 0.947. The predicted molar refractivity (Wildman–Crippen MR) is 39.9 cm³/mol. The maximum absolute atomic E-state index is 8.43. The number of hydrazine groups is 1. The van der Waals surface area contributed by atoms with Crippen LogP contribution in [0.25, 0.3) is 0 Å². The van der Waals surface area contributed by atoms with Crippen LogP contribution >= 0.6 is 0 Å². The molecular formula is C3H9N6NaO. The molecule has 0 radical (unpaired) electrons. The zero-order valence-corrected chi connectivity index (χ0v) is 5.23. The van der Waals surface area contributed by atoms with Crippen molar-refractivity contribution in [2.24, 2.45) is 5.84 Å². The average molecular weight is 168 g/mol. The Morgan fingerprint density at radius 3 is 2.82 bits per heavy atom. The van der Waals surface area contributed by atoms with Gasteiger partial charge in [-0.25, -0.2) is 10.9 Å². The summed E-state index contributed by atoms with van der Waals surface area (Å²) in [7, 11) is 0. The summed E-state index contributed by atoms with van der Waals surface area (Å²) in [6.45, 7) is 0.272. The Morgan fingerprint density at radius 1 is 1.64 bits per heavy atom. The number of aliphatic hydroxyl groups is 1. The van der Waals surface area contributed by atoms with Crippen molar-refractivity contribution in [1.29, 1.82) is 0 Å². The van der Waals surface area contributed by atoms with Gasteiger partial charge in [0.25, 0.3) is 5.95 Å². The summed E-state index contributed by atoms with van der Waals surface area (Å²) in [6, 6.07) is 0. The quantitative estimate of drug-likeness (QED) is 0.256. The van der Waals surface area contributed by atoms with Crippen molar-refractivity contribution in [3.05, 3.63) is 0 Å². The molecule has 0 atom stereocenters. The minimum absolute atomic E-state index is 0. The number of aromatic amines is 1. The van der Waals surface area contributed by atoms with Crippen LogP contribution in [-0.4, -0.2) is 68.4 Å². The van der Waals surface area contributed by atoms with Gasteiger partial charge in [0.2, 0.25) is 0 Å². The first kappa shape index (κ1) is 10.8. The van der Waals surface area contributed by atoms with E-state index in [0.29, 0.717) is 12.5 Å². The van der Waals surface area contributed by atoms with Gasteiger partial charge in [0, 0.05) is 0 Å². The Morgan fingerprint density at radius 2 is 2.36 bits per heavy atom. The van der Waals surface area contributed by atoms with Crippen LogP contribution in [0.5, 0.6) is 0 Å². The summed E-state index contributed by atoms with van der Waals surface area (Å²) < 4.78 is 0. The number of hydrogen-bond acceptors (Lipinski definition) is 6. The van der Waals surface area contributed by atoms with E-state index in [2.05, 4.69) is 20.6 Å². The van der Waals surface area contributed by atoms with E-state index in [9.17, 15) is 0 Å². The summed E-state index contributed by atoms with van der Waals surface area (Å²) in [5, 5.41) is 22.2. The molecule has 7 nitrogen and oxygen atoms in total. The summed E-state index contributed by atoms with van der Waals surface area (Å²) in [4.78, 5) is 0. The van der Waals surface area contributed by atoms with Crippen molar-refractivity contribution in [2.45, 2.75) is 0 Å². The van der Waals surface area contributed by atoms with Gasteiger partial charge in [-0.05, 0) is 10.4 Å². The number of aromatic nitrogens is 4. The Labute approximate surface area is 85.2 Å². The molecule has 0 amide bonds. The van der Waals surface area contributed by atoms with Crippen LogP contribution in [0.15, 0.2) is 0 Å². The number of nitrogens with zero attached hydrogens (tertiary/aromatic N) is 4. The van der Waals surface area contributed by atoms with Gasteiger partial charge in [-0.1, -0.05) is 5.10 Å². The second kappa shape index (κ2) is 5.44. The first-order valence-corrected chi connectivity index (χ1v) is 2.71. The molecule has 0 aliphatic carbocycles. The van der Waals surface area contributed by atoms with Gasteiger partial charge in [-0.15, -0.1) is 0 Å². The summed E-state index contributed by atoms with van der Waals surface area (Å²) >= 11 is 0. The molecule has 1 heterocycles. The van der Waals surface area contributed by atoms with E-state index in [4.69, 9.17) is 10.9 Å². The third-order valence-electron chi connectivity index (χ3n) is 0.947. The molecule has 8 heteroatoms. The third kappa shape index (κ3) is 3.12. The van der Waals surface area contributed by atoms with Crippen LogP contribution < -0.4 is 10.9 Å². The van der Waals surface area contributed by atoms with Crippen LogP contribution in [0.3, 0.4) is 0 Å². The first-order valence-electron chi connectivity index (χ1n) is 2.71. The van der Waals surface area contributed by atoms with E-state index >= 15 is 0 Å². The number of aliphatic hydroxyl groups excluding tert-OH is 1. The van der Waals surface area contributed by atoms with E-state index < -0.39 is 0 Å². The predicted octanol–water partition coefficient (Wildman–Crippen LogP) is -2.78. The number of nitrogens with two attached hydrogens (primary N) is 1. The van der Waals surface area contributed by atoms with E-state index in [0.717, 1.165) is 0 Å². The molecule has 4 N–H and O–H groups in total. The molecule has 0 saturated carbocycles.